The maximum absolute atomic E-state index is 3.62. The molecule has 2 aromatic rings. The first-order chi connectivity index (χ1) is 7.86. The van der Waals surface area contributed by atoms with E-state index in [1.165, 1.54) is 60.7 Å². The van der Waals surface area contributed by atoms with Crippen LogP contribution in [0, 0.1) is 6.92 Å². The van der Waals surface area contributed by atoms with Gasteiger partial charge in [0.15, 0.2) is 0 Å². The third-order valence-electron chi connectivity index (χ3n) is 3.83. The van der Waals surface area contributed by atoms with E-state index in [9.17, 15) is 0 Å². The van der Waals surface area contributed by atoms with Crippen molar-refractivity contribution in [3.05, 3.63) is 35.0 Å². The molecular formula is C15H19N. The highest BCUT2D eigenvalue weighted by Crippen LogP contribution is 2.29. The lowest BCUT2D eigenvalue weighted by Crippen LogP contribution is -1.97. The summed E-state index contributed by atoms with van der Waals surface area (Å²) in [6.07, 6.45) is 8.00. The van der Waals surface area contributed by atoms with E-state index in [1.807, 2.05) is 0 Å². The molecule has 0 saturated heterocycles. The zero-order chi connectivity index (χ0) is 11.0. The second-order valence-electron chi connectivity index (χ2n) is 4.99. The van der Waals surface area contributed by atoms with Crippen molar-refractivity contribution in [2.24, 2.45) is 0 Å². The van der Waals surface area contributed by atoms with Gasteiger partial charge in [0.25, 0.3) is 0 Å². The Morgan fingerprint density at radius 2 is 1.81 bits per heavy atom. The molecule has 0 atom stereocenters. The van der Waals surface area contributed by atoms with Crippen LogP contribution in [0.3, 0.4) is 0 Å². The summed E-state index contributed by atoms with van der Waals surface area (Å²) < 4.78 is 0. The molecule has 1 nitrogen and oxygen atoms in total. The largest absolute Gasteiger partial charge is 0.358 e. The van der Waals surface area contributed by atoms with Crippen LogP contribution in [0.4, 0.5) is 0 Å². The van der Waals surface area contributed by atoms with Gasteiger partial charge in [-0.3, -0.25) is 0 Å². The Morgan fingerprint density at radius 1 is 1.00 bits per heavy atom. The number of aryl methyl sites for hydroxylation is 3. The summed E-state index contributed by atoms with van der Waals surface area (Å²) in [6.45, 7) is 2.23. The molecule has 3 rings (SSSR count). The molecule has 0 radical (unpaired) electrons. The Morgan fingerprint density at radius 3 is 2.69 bits per heavy atom. The van der Waals surface area contributed by atoms with Gasteiger partial charge in [-0.05, 0) is 49.8 Å². The molecule has 84 valence electrons. The van der Waals surface area contributed by atoms with Crippen LogP contribution >= 0.6 is 0 Å². The molecule has 1 aromatic carbocycles. The van der Waals surface area contributed by atoms with Gasteiger partial charge in [0.2, 0.25) is 0 Å². The Bertz CT molecular complexity index is 507. The van der Waals surface area contributed by atoms with Crippen LogP contribution in [-0.4, -0.2) is 4.98 Å². The van der Waals surface area contributed by atoms with Gasteiger partial charge in [-0.25, -0.2) is 0 Å². The summed E-state index contributed by atoms with van der Waals surface area (Å²) in [5.41, 5.74) is 5.87. The van der Waals surface area contributed by atoms with Crippen molar-refractivity contribution >= 4 is 10.9 Å². The van der Waals surface area contributed by atoms with Crippen LogP contribution in [-0.2, 0) is 12.8 Å². The average Bonchev–Trinajstić information content (AvgIpc) is 2.57. The predicted octanol–water partition coefficient (Wildman–Crippen LogP) is 4.14. The molecule has 0 aliphatic heterocycles. The molecule has 1 heteroatoms. The zero-order valence-corrected chi connectivity index (χ0v) is 9.97. The number of H-pyrrole nitrogens is 1. The molecule has 1 aliphatic carbocycles. The second kappa shape index (κ2) is 3.97. The van der Waals surface area contributed by atoms with E-state index < -0.39 is 0 Å². The van der Waals surface area contributed by atoms with E-state index in [2.05, 4.69) is 30.1 Å². The zero-order valence-electron chi connectivity index (χ0n) is 9.97. The SMILES string of the molecule is Cc1cccc2[nH]c3c(c12)CCCCCC3. The van der Waals surface area contributed by atoms with Crippen molar-refractivity contribution in [2.75, 3.05) is 0 Å². The molecule has 1 heterocycles. The van der Waals surface area contributed by atoms with Crippen molar-refractivity contribution in [3.8, 4) is 0 Å². The molecule has 0 amide bonds. The quantitative estimate of drug-likeness (QED) is 0.677. The van der Waals surface area contributed by atoms with E-state index in [0.717, 1.165) is 0 Å². The normalized spacial score (nSPS) is 16.8. The second-order valence-corrected chi connectivity index (χ2v) is 4.99. The highest BCUT2D eigenvalue weighted by molar-refractivity contribution is 5.87. The molecular weight excluding hydrogens is 194 g/mol. The van der Waals surface area contributed by atoms with Crippen LogP contribution in [0.25, 0.3) is 10.9 Å². The summed E-state index contributed by atoms with van der Waals surface area (Å²) >= 11 is 0. The maximum Gasteiger partial charge on any atom is 0.0461 e. The number of aromatic amines is 1. The highest BCUT2D eigenvalue weighted by Gasteiger charge is 2.14. The molecule has 0 spiro atoms. The molecule has 16 heavy (non-hydrogen) atoms. The van der Waals surface area contributed by atoms with E-state index >= 15 is 0 Å². The number of nitrogens with one attached hydrogen (secondary N) is 1. The molecule has 1 aromatic heterocycles. The number of hydrogen-bond acceptors (Lipinski definition) is 0. The summed E-state index contributed by atoms with van der Waals surface area (Å²) in [4.78, 5) is 3.62. The van der Waals surface area contributed by atoms with Crippen LogP contribution in [0.5, 0.6) is 0 Å². The Balaban J connectivity index is 2.21. The van der Waals surface area contributed by atoms with E-state index in [-0.39, 0.29) is 0 Å². The van der Waals surface area contributed by atoms with Crippen molar-refractivity contribution < 1.29 is 0 Å². The van der Waals surface area contributed by atoms with Gasteiger partial charge in [0.1, 0.15) is 0 Å². The minimum absolute atomic E-state index is 1.24. The minimum Gasteiger partial charge on any atom is -0.358 e. The minimum atomic E-state index is 1.24. The number of hydrogen-bond donors (Lipinski definition) is 1. The lowest BCUT2D eigenvalue weighted by molar-refractivity contribution is 0.614. The molecule has 0 bridgehead atoms. The number of rotatable bonds is 0. The molecule has 1 N–H and O–H groups in total. The third-order valence-corrected chi connectivity index (χ3v) is 3.83. The van der Waals surface area contributed by atoms with Gasteiger partial charge in [0.05, 0.1) is 0 Å². The Labute approximate surface area is 96.9 Å². The first kappa shape index (κ1) is 9.95. The Hall–Kier alpha value is -1.24. The van der Waals surface area contributed by atoms with E-state index in [1.54, 1.807) is 5.56 Å². The number of benzene rings is 1. The first-order valence-corrected chi connectivity index (χ1v) is 6.45. The van der Waals surface area contributed by atoms with Gasteiger partial charge in [-0.1, -0.05) is 25.0 Å². The smallest absolute Gasteiger partial charge is 0.0461 e. The summed E-state index contributed by atoms with van der Waals surface area (Å²) in [7, 11) is 0. The number of fused-ring (bicyclic) bond motifs is 3. The predicted molar refractivity (Wildman–Crippen MR) is 68.9 cm³/mol. The fourth-order valence-corrected chi connectivity index (χ4v) is 3.01. The van der Waals surface area contributed by atoms with Gasteiger partial charge >= 0.3 is 0 Å². The summed E-state index contributed by atoms with van der Waals surface area (Å²) in [5, 5.41) is 1.50. The fraction of sp³-hybridized carbons (Fsp3) is 0.467. The van der Waals surface area contributed by atoms with E-state index in [4.69, 9.17) is 0 Å². The van der Waals surface area contributed by atoms with Gasteiger partial charge in [0, 0.05) is 16.6 Å². The average molecular weight is 213 g/mol. The fourth-order valence-electron chi connectivity index (χ4n) is 3.01. The van der Waals surface area contributed by atoms with Gasteiger partial charge in [-0.15, -0.1) is 0 Å². The Kier molecular flexibility index (Phi) is 2.47. The molecule has 1 aliphatic rings. The topological polar surface area (TPSA) is 15.8 Å². The lowest BCUT2D eigenvalue weighted by atomic mass is 9.95. The van der Waals surface area contributed by atoms with Crippen LogP contribution < -0.4 is 0 Å². The van der Waals surface area contributed by atoms with Crippen LogP contribution in [0.2, 0.25) is 0 Å². The molecule has 0 saturated carbocycles. The molecule has 0 fully saturated rings. The van der Waals surface area contributed by atoms with Gasteiger partial charge < -0.3 is 4.98 Å². The van der Waals surface area contributed by atoms with Crippen LogP contribution in [0.15, 0.2) is 18.2 Å². The monoisotopic (exact) mass is 213 g/mol. The maximum atomic E-state index is 3.62. The summed E-state index contributed by atoms with van der Waals surface area (Å²) in [6, 6.07) is 6.60. The van der Waals surface area contributed by atoms with Crippen molar-refractivity contribution in [2.45, 2.75) is 45.4 Å². The van der Waals surface area contributed by atoms with Crippen molar-refractivity contribution in [3.63, 3.8) is 0 Å². The lowest BCUT2D eigenvalue weighted by Gasteiger charge is -2.10. The van der Waals surface area contributed by atoms with Crippen molar-refractivity contribution in [1.82, 2.24) is 4.98 Å². The summed E-state index contributed by atoms with van der Waals surface area (Å²) in [5.74, 6) is 0. The van der Waals surface area contributed by atoms with Crippen LogP contribution in [0.1, 0.15) is 42.5 Å². The van der Waals surface area contributed by atoms with E-state index in [0.29, 0.717) is 0 Å². The first-order valence-electron chi connectivity index (χ1n) is 6.45. The number of aromatic nitrogens is 1. The van der Waals surface area contributed by atoms with Gasteiger partial charge in [-0.2, -0.15) is 0 Å². The standard InChI is InChI=1S/C15H19N/c1-11-7-6-10-14-15(11)12-8-4-2-3-5-9-13(12)16-14/h6-7,10,16H,2-5,8-9H2,1H3. The van der Waals surface area contributed by atoms with Crippen molar-refractivity contribution in [1.29, 1.82) is 0 Å². The molecule has 0 unspecified atom stereocenters. The third kappa shape index (κ3) is 1.55. The highest BCUT2D eigenvalue weighted by atomic mass is 14.7.